The van der Waals surface area contributed by atoms with Crippen molar-refractivity contribution in [2.24, 2.45) is 0 Å². The first kappa shape index (κ1) is 21.8. The Morgan fingerprint density at radius 1 is 1.00 bits per heavy atom. The van der Waals surface area contributed by atoms with E-state index in [4.69, 9.17) is 0 Å². The third-order valence-electron chi connectivity index (χ3n) is 6.17. The van der Waals surface area contributed by atoms with Gasteiger partial charge in [0.15, 0.2) is 0 Å². The Morgan fingerprint density at radius 2 is 1.62 bits per heavy atom. The summed E-state index contributed by atoms with van der Waals surface area (Å²) in [7, 11) is 0. The van der Waals surface area contributed by atoms with Gasteiger partial charge in [0.2, 0.25) is 5.91 Å². The van der Waals surface area contributed by atoms with Gasteiger partial charge in [0.1, 0.15) is 5.60 Å². The van der Waals surface area contributed by atoms with Crippen molar-refractivity contribution < 1.29 is 9.90 Å². The standard InChI is InChI=1S/C25H27N3O4/c29-22-15-18-27(24(31)26-22)16-8-14-23(30)28-17-7-13-21(28)25(32,19-9-3-1-4-10-19)20-11-5-2-6-12-20/h1-6,9-12,15,18,21,32H,7-8,13-14,16-17H2,(H,26,29,31)/t21-/m0/s1. The number of carbonyl (C=O) groups is 1. The Balaban J connectivity index is 1.54. The van der Waals surface area contributed by atoms with Gasteiger partial charge < -0.3 is 14.6 Å². The monoisotopic (exact) mass is 433 g/mol. The van der Waals surface area contributed by atoms with E-state index in [1.54, 1.807) is 4.90 Å². The maximum atomic E-state index is 13.2. The minimum atomic E-state index is -1.31. The summed E-state index contributed by atoms with van der Waals surface area (Å²) >= 11 is 0. The third kappa shape index (κ3) is 4.29. The first-order valence-electron chi connectivity index (χ1n) is 10.9. The average Bonchev–Trinajstić information content (AvgIpc) is 3.32. The minimum absolute atomic E-state index is 0.0461. The second kappa shape index (κ2) is 9.36. The van der Waals surface area contributed by atoms with Crippen LogP contribution in [-0.4, -0.2) is 38.1 Å². The Labute approximate surface area is 186 Å². The second-order valence-electron chi connectivity index (χ2n) is 8.15. The quantitative estimate of drug-likeness (QED) is 0.597. The van der Waals surface area contributed by atoms with E-state index in [1.807, 2.05) is 60.7 Å². The summed E-state index contributed by atoms with van der Waals surface area (Å²) in [6.45, 7) is 0.922. The number of aliphatic hydroxyl groups is 1. The molecule has 1 aromatic heterocycles. The van der Waals surface area contributed by atoms with Crippen LogP contribution in [0.2, 0.25) is 0 Å². The van der Waals surface area contributed by atoms with Gasteiger partial charge in [-0.3, -0.25) is 14.6 Å². The summed E-state index contributed by atoms with van der Waals surface area (Å²) < 4.78 is 1.39. The molecule has 1 fully saturated rings. The van der Waals surface area contributed by atoms with Crippen LogP contribution in [0.1, 0.15) is 36.8 Å². The molecule has 1 atom stereocenters. The van der Waals surface area contributed by atoms with Crippen molar-refractivity contribution in [1.82, 2.24) is 14.5 Å². The molecule has 1 aliphatic rings. The van der Waals surface area contributed by atoms with E-state index in [1.165, 1.54) is 16.8 Å². The molecule has 4 rings (SSSR count). The number of amides is 1. The number of aromatic nitrogens is 2. The van der Waals surface area contributed by atoms with Crippen molar-refractivity contribution in [3.8, 4) is 0 Å². The topological polar surface area (TPSA) is 95.4 Å². The summed E-state index contributed by atoms with van der Waals surface area (Å²) in [5.74, 6) is -0.0461. The van der Waals surface area contributed by atoms with Gasteiger partial charge in [-0.2, -0.15) is 0 Å². The Hall–Kier alpha value is -3.45. The molecular weight excluding hydrogens is 406 g/mol. The molecule has 7 heteroatoms. The predicted octanol–water partition coefficient (Wildman–Crippen LogP) is 2.24. The van der Waals surface area contributed by atoms with Crippen LogP contribution < -0.4 is 11.2 Å². The Bertz CT molecular complexity index is 1130. The highest BCUT2D eigenvalue weighted by molar-refractivity contribution is 5.77. The van der Waals surface area contributed by atoms with E-state index in [0.29, 0.717) is 25.9 Å². The van der Waals surface area contributed by atoms with Crippen molar-refractivity contribution in [2.45, 2.75) is 43.9 Å². The maximum absolute atomic E-state index is 13.2. The van der Waals surface area contributed by atoms with Crippen LogP contribution in [-0.2, 0) is 16.9 Å². The molecule has 0 saturated carbocycles. The number of rotatable bonds is 7. The fourth-order valence-corrected chi connectivity index (χ4v) is 4.60. The van der Waals surface area contributed by atoms with Crippen molar-refractivity contribution >= 4 is 5.91 Å². The fraction of sp³-hybridized carbons (Fsp3) is 0.320. The van der Waals surface area contributed by atoms with E-state index < -0.39 is 16.9 Å². The molecule has 0 unspecified atom stereocenters. The van der Waals surface area contributed by atoms with Crippen LogP contribution in [0.15, 0.2) is 82.5 Å². The molecule has 32 heavy (non-hydrogen) atoms. The maximum Gasteiger partial charge on any atom is 0.328 e. The SMILES string of the molecule is O=C(CCCn1ccc(=O)[nH]c1=O)N1CCC[C@H]1C(O)(c1ccccc1)c1ccccc1. The zero-order valence-corrected chi connectivity index (χ0v) is 17.8. The average molecular weight is 434 g/mol. The van der Waals surface area contributed by atoms with Gasteiger partial charge in [-0.05, 0) is 30.4 Å². The number of likely N-dealkylation sites (tertiary alicyclic amines) is 1. The fourth-order valence-electron chi connectivity index (χ4n) is 4.60. The molecule has 2 aromatic carbocycles. The number of hydrogen-bond donors (Lipinski definition) is 2. The van der Waals surface area contributed by atoms with E-state index >= 15 is 0 Å². The Morgan fingerprint density at radius 3 is 2.22 bits per heavy atom. The van der Waals surface area contributed by atoms with Crippen LogP contribution in [0.25, 0.3) is 0 Å². The van der Waals surface area contributed by atoms with Gasteiger partial charge in [-0.25, -0.2) is 4.79 Å². The summed E-state index contributed by atoms with van der Waals surface area (Å²) in [5.41, 5.74) is -0.717. The molecule has 1 aliphatic heterocycles. The number of aryl methyl sites for hydroxylation is 1. The zero-order chi connectivity index (χ0) is 22.6. The highest BCUT2D eigenvalue weighted by Gasteiger charge is 2.46. The molecule has 0 aliphatic carbocycles. The lowest BCUT2D eigenvalue weighted by Gasteiger charge is -2.40. The lowest BCUT2D eigenvalue weighted by Crippen LogP contribution is -2.50. The van der Waals surface area contributed by atoms with Crippen molar-refractivity contribution in [3.63, 3.8) is 0 Å². The molecule has 2 heterocycles. The number of nitrogens with one attached hydrogen (secondary N) is 1. The molecule has 0 radical (unpaired) electrons. The van der Waals surface area contributed by atoms with Crippen LogP contribution in [0.3, 0.4) is 0 Å². The first-order valence-corrected chi connectivity index (χ1v) is 10.9. The predicted molar refractivity (Wildman–Crippen MR) is 121 cm³/mol. The van der Waals surface area contributed by atoms with Crippen molar-refractivity contribution in [1.29, 1.82) is 0 Å². The van der Waals surface area contributed by atoms with E-state index in [2.05, 4.69) is 4.98 Å². The molecule has 3 aromatic rings. The molecule has 2 N–H and O–H groups in total. The normalized spacial score (nSPS) is 16.3. The Kier molecular flexibility index (Phi) is 6.37. The van der Waals surface area contributed by atoms with Crippen LogP contribution in [0.4, 0.5) is 0 Å². The van der Waals surface area contributed by atoms with Gasteiger partial charge in [-0.15, -0.1) is 0 Å². The summed E-state index contributed by atoms with van der Waals surface area (Å²) in [6.07, 6.45) is 3.67. The molecule has 0 spiro atoms. The lowest BCUT2D eigenvalue weighted by atomic mass is 9.79. The molecule has 1 amide bonds. The minimum Gasteiger partial charge on any atom is -0.378 e. The van der Waals surface area contributed by atoms with Gasteiger partial charge in [0, 0.05) is 31.8 Å². The van der Waals surface area contributed by atoms with Gasteiger partial charge in [0.05, 0.1) is 6.04 Å². The number of aromatic amines is 1. The van der Waals surface area contributed by atoms with Crippen LogP contribution in [0, 0.1) is 0 Å². The smallest absolute Gasteiger partial charge is 0.328 e. The van der Waals surface area contributed by atoms with Crippen molar-refractivity contribution in [2.75, 3.05) is 6.54 Å². The lowest BCUT2D eigenvalue weighted by molar-refractivity contribution is -0.136. The van der Waals surface area contributed by atoms with E-state index in [9.17, 15) is 19.5 Å². The zero-order valence-electron chi connectivity index (χ0n) is 17.8. The number of H-pyrrole nitrogens is 1. The third-order valence-corrected chi connectivity index (χ3v) is 6.17. The number of benzene rings is 2. The molecule has 1 saturated heterocycles. The highest BCUT2D eigenvalue weighted by atomic mass is 16.3. The molecule has 7 nitrogen and oxygen atoms in total. The van der Waals surface area contributed by atoms with Crippen LogP contribution in [0.5, 0.6) is 0 Å². The number of carbonyl (C=O) groups excluding carboxylic acids is 1. The highest BCUT2D eigenvalue weighted by Crippen LogP contribution is 2.40. The summed E-state index contributed by atoms with van der Waals surface area (Å²) in [5, 5.41) is 12.1. The van der Waals surface area contributed by atoms with Gasteiger partial charge >= 0.3 is 5.69 Å². The largest absolute Gasteiger partial charge is 0.378 e. The summed E-state index contributed by atoms with van der Waals surface area (Å²) in [6, 6.07) is 19.9. The number of hydrogen-bond acceptors (Lipinski definition) is 4. The molecular formula is C25H27N3O4. The van der Waals surface area contributed by atoms with E-state index in [0.717, 1.165) is 17.5 Å². The van der Waals surface area contributed by atoms with Gasteiger partial charge in [-0.1, -0.05) is 60.7 Å². The van der Waals surface area contributed by atoms with Gasteiger partial charge in [0.25, 0.3) is 5.56 Å². The first-order chi connectivity index (χ1) is 15.5. The van der Waals surface area contributed by atoms with Crippen LogP contribution >= 0.6 is 0 Å². The van der Waals surface area contributed by atoms with E-state index in [-0.39, 0.29) is 18.4 Å². The molecule has 166 valence electrons. The second-order valence-corrected chi connectivity index (χ2v) is 8.15. The van der Waals surface area contributed by atoms with Crippen molar-refractivity contribution in [3.05, 3.63) is 105 Å². The molecule has 0 bridgehead atoms. The summed E-state index contributed by atoms with van der Waals surface area (Å²) in [4.78, 5) is 40.2. The number of nitrogens with zero attached hydrogens (tertiary/aromatic N) is 2.